The van der Waals surface area contributed by atoms with Crippen LogP contribution < -0.4 is 0 Å². The highest BCUT2D eigenvalue weighted by Crippen LogP contribution is 2.16. The molecule has 0 saturated carbocycles. The zero-order valence-electron chi connectivity index (χ0n) is 7.72. The third-order valence-electron chi connectivity index (χ3n) is 1.46. The topological polar surface area (TPSA) is 12.4 Å². The zero-order chi connectivity index (χ0) is 9.14. The van der Waals surface area contributed by atoms with Gasteiger partial charge >= 0.3 is 0 Å². The van der Waals surface area contributed by atoms with Crippen molar-refractivity contribution in [3.63, 3.8) is 0 Å². The molecule has 0 atom stereocenters. The molecule has 1 heterocycles. The molecule has 0 radical (unpaired) electrons. The van der Waals surface area contributed by atoms with E-state index in [2.05, 4.69) is 30.6 Å². The van der Waals surface area contributed by atoms with Gasteiger partial charge in [0.05, 0.1) is 5.71 Å². The highest BCUT2D eigenvalue weighted by molar-refractivity contribution is 7.14. The number of aryl methyl sites for hydroxylation is 1. The standard InChI is InChI=1S/C10H13NS/c1-7(2)11-9(4)10-6-5-8(3)12-10/h5-6H,1H2,2-4H3. The van der Waals surface area contributed by atoms with Crippen LogP contribution in [0.2, 0.25) is 0 Å². The van der Waals surface area contributed by atoms with Crippen LogP contribution in [0.5, 0.6) is 0 Å². The van der Waals surface area contributed by atoms with Gasteiger partial charge in [-0.15, -0.1) is 11.3 Å². The van der Waals surface area contributed by atoms with E-state index in [1.165, 1.54) is 9.75 Å². The quantitative estimate of drug-likeness (QED) is 0.617. The molecule has 0 aliphatic heterocycles. The first-order chi connectivity index (χ1) is 5.59. The fraction of sp³-hybridized carbons (Fsp3) is 0.300. The van der Waals surface area contributed by atoms with Crippen molar-refractivity contribution < 1.29 is 0 Å². The summed E-state index contributed by atoms with van der Waals surface area (Å²) in [6, 6.07) is 4.21. The SMILES string of the molecule is C=C(C)N=C(C)c1ccc(C)s1. The molecule has 0 aliphatic rings. The maximum atomic E-state index is 4.29. The lowest BCUT2D eigenvalue weighted by Crippen LogP contribution is -1.89. The van der Waals surface area contributed by atoms with Crippen molar-refractivity contribution in [3.8, 4) is 0 Å². The van der Waals surface area contributed by atoms with Gasteiger partial charge in [-0.1, -0.05) is 6.58 Å². The molecule has 0 N–H and O–H groups in total. The summed E-state index contributed by atoms with van der Waals surface area (Å²) in [5.41, 5.74) is 1.92. The molecule has 12 heavy (non-hydrogen) atoms. The van der Waals surface area contributed by atoms with Gasteiger partial charge in [0.15, 0.2) is 0 Å². The molecule has 1 rings (SSSR count). The van der Waals surface area contributed by atoms with E-state index in [-0.39, 0.29) is 0 Å². The highest BCUT2D eigenvalue weighted by Gasteiger charge is 1.99. The molecule has 0 fully saturated rings. The minimum Gasteiger partial charge on any atom is -0.258 e. The van der Waals surface area contributed by atoms with Crippen LogP contribution in [0.1, 0.15) is 23.6 Å². The summed E-state index contributed by atoms with van der Waals surface area (Å²) >= 11 is 1.77. The number of hydrogen-bond donors (Lipinski definition) is 0. The molecular weight excluding hydrogens is 166 g/mol. The first kappa shape index (κ1) is 9.20. The van der Waals surface area contributed by atoms with Crippen LogP contribution in [0.4, 0.5) is 0 Å². The first-order valence-electron chi connectivity index (χ1n) is 3.87. The smallest absolute Gasteiger partial charge is 0.0547 e. The zero-order valence-corrected chi connectivity index (χ0v) is 8.53. The molecule has 0 saturated heterocycles. The maximum absolute atomic E-state index is 4.29. The predicted molar refractivity (Wildman–Crippen MR) is 56.1 cm³/mol. The van der Waals surface area contributed by atoms with Crippen molar-refractivity contribution in [3.05, 3.63) is 34.2 Å². The van der Waals surface area contributed by atoms with Crippen LogP contribution in [0.25, 0.3) is 0 Å². The number of rotatable bonds is 2. The van der Waals surface area contributed by atoms with E-state index in [1.54, 1.807) is 11.3 Å². The molecule has 64 valence electrons. The molecule has 0 spiro atoms. The van der Waals surface area contributed by atoms with Crippen LogP contribution >= 0.6 is 11.3 Å². The Bertz CT molecular complexity index is 320. The van der Waals surface area contributed by atoms with Gasteiger partial charge in [0, 0.05) is 15.5 Å². The summed E-state index contributed by atoms with van der Waals surface area (Å²) in [6.07, 6.45) is 0. The van der Waals surface area contributed by atoms with E-state index >= 15 is 0 Å². The van der Waals surface area contributed by atoms with E-state index in [0.29, 0.717) is 0 Å². The number of allylic oxidation sites excluding steroid dienone is 1. The number of hydrogen-bond acceptors (Lipinski definition) is 2. The lowest BCUT2D eigenvalue weighted by Gasteiger charge is -1.94. The van der Waals surface area contributed by atoms with Crippen molar-refractivity contribution >= 4 is 17.0 Å². The molecule has 1 aromatic rings. The number of nitrogens with zero attached hydrogens (tertiary/aromatic N) is 1. The Morgan fingerprint density at radius 2 is 2.08 bits per heavy atom. The molecule has 0 bridgehead atoms. The van der Waals surface area contributed by atoms with Gasteiger partial charge in [-0.05, 0) is 32.9 Å². The van der Waals surface area contributed by atoms with Crippen molar-refractivity contribution in [2.45, 2.75) is 20.8 Å². The molecular formula is C10H13NS. The van der Waals surface area contributed by atoms with E-state index in [4.69, 9.17) is 0 Å². The van der Waals surface area contributed by atoms with Crippen LogP contribution in [-0.2, 0) is 0 Å². The molecule has 1 nitrogen and oxygen atoms in total. The van der Waals surface area contributed by atoms with Crippen LogP contribution in [0, 0.1) is 6.92 Å². The summed E-state index contributed by atoms with van der Waals surface area (Å²) in [5.74, 6) is 0. The van der Waals surface area contributed by atoms with Gasteiger partial charge in [-0.25, -0.2) is 0 Å². The fourth-order valence-electron chi connectivity index (χ4n) is 0.970. The minimum absolute atomic E-state index is 0.860. The van der Waals surface area contributed by atoms with E-state index in [1.807, 2.05) is 13.8 Å². The summed E-state index contributed by atoms with van der Waals surface area (Å²) in [4.78, 5) is 6.85. The Morgan fingerprint density at radius 3 is 2.50 bits per heavy atom. The van der Waals surface area contributed by atoms with Crippen molar-refractivity contribution in [2.75, 3.05) is 0 Å². The first-order valence-corrected chi connectivity index (χ1v) is 4.69. The third kappa shape index (κ3) is 2.31. The van der Waals surface area contributed by atoms with Gasteiger partial charge in [0.1, 0.15) is 0 Å². The second-order valence-electron chi connectivity index (χ2n) is 2.84. The van der Waals surface area contributed by atoms with E-state index in [0.717, 1.165) is 11.4 Å². The third-order valence-corrected chi connectivity index (χ3v) is 2.56. The lowest BCUT2D eigenvalue weighted by molar-refractivity contribution is 1.32. The molecule has 0 aliphatic carbocycles. The van der Waals surface area contributed by atoms with Gasteiger partial charge in [-0.3, -0.25) is 4.99 Å². The Kier molecular flexibility index (Phi) is 2.82. The normalized spacial score (nSPS) is 11.8. The summed E-state index contributed by atoms with van der Waals surface area (Å²) in [7, 11) is 0. The minimum atomic E-state index is 0.860. The molecule has 0 amide bonds. The van der Waals surface area contributed by atoms with Crippen LogP contribution in [0.3, 0.4) is 0 Å². The van der Waals surface area contributed by atoms with Gasteiger partial charge in [-0.2, -0.15) is 0 Å². The fourth-order valence-corrected chi connectivity index (χ4v) is 1.78. The van der Waals surface area contributed by atoms with Gasteiger partial charge in [0.25, 0.3) is 0 Å². The predicted octanol–water partition coefficient (Wildman–Crippen LogP) is 3.40. The average molecular weight is 179 g/mol. The molecule has 2 heteroatoms. The van der Waals surface area contributed by atoms with Crippen molar-refractivity contribution in [1.82, 2.24) is 0 Å². The van der Waals surface area contributed by atoms with Crippen molar-refractivity contribution in [1.29, 1.82) is 0 Å². The monoisotopic (exact) mass is 179 g/mol. The summed E-state index contributed by atoms with van der Waals surface area (Å²) in [6.45, 7) is 9.76. The van der Waals surface area contributed by atoms with Crippen LogP contribution in [0.15, 0.2) is 29.4 Å². The Labute approximate surface area is 77.5 Å². The molecule has 0 unspecified atom stereocenters. The Balaban J connectivity index is 2.91. The molecule has 1 aromatic heterocycles. The largest absolute Gasteiger partial charge is 0.258 e. The summed E-state index contributed by atoms with van der Waals surface area (Å²) < 4.78 is 0. The van der Waals surface area contributed by atoms with Gasteiger partial charge < -0.3 is 0 Å². The molecule has 0 aromatic carbocycles. The number of aliphatic imine (C=N–C) groups is 1. The Morgan fingerprint density at radius 1 is 1.42 bits per heavy atom. The average Bonchev–Trinajstić information content (AvgIpc) is 2.34. The lowest BCUT2D eigenvalue weighted by atomic mass is 10.3. The van der Waals surface area contributed by atoms with E-state index < -0.39 is 0 Å². The second-order valence-corrected chi connectivity index (χ2v) is 4.13. The van der Waals surface area contributed by atoms with Gasteiger partial charge in [0.2, 0.25) is 0 Å². The van der Waals surface area contributed by atoms with Crippen LogP contribution in [-0.4, -0.2) is 5.71 Å². The van der Waals surface area contributed by atoms with Crippen molar-refractivity contribution in [2.24, 2.45) is 4.99 Å². The summed E-state index contributed by atoms with van der Waals surface area (Å²) in [5, 5.41) is 0. The second kappa shape index (κ2) is 3.68. The Hall–Kier alpha value is -0.890. The van der Waals surface area contributed by atoms with E-state index in [9.17, 15) is 0 Å². The maximum Gasteiger partial charge on any atom is 0.0547 e. The highest BCUT2D eigenvalue weighted by atomic mass is 32.1. The number of thiophene rings is 1.